The van der Waals surface area contributed by atoms with E-state index in [1.165, 1.54) is 0 Å². The number of carboxylic acid groups (broad SMARTS) is 1. The van der Waals surface area contributed by atoms with Crippen LogP contribution < -0.4 is 5.73 Å². The van der Waals surface area contributed by atoms with Gasteiger partial charge in [0.2, 0.25) is 0 Å². The number of aliphatic carboxylic acids is 1. The van der Waals surface area contributed by atoms with Crippen molar-refractivity contribution in [1.82, 2.24) is 4.90 Å². The van der Waals surface area contributed by atoms with Gasteiger partial charge in [0, 0.05) is 0 Å². The summed E-state index contributed by atoms with van der Waals surface area (Å²) in [6, 6.07) is -2.17. The van der Waals surface area contributed by atoms with Gasteiger partial charge in [0.15, 0.2) is 0 Å². The monoisotopic (exact) mass is 316 g/mol. The number of hydrogen-bond acceptors (Lipinski definition) is 4. The fraction of sp³-hybridized carbons (Fsp3) is 0.800. The number of nitrogens with two attached hydrogens (primary N) is 1. The topological polar surface area (TPSA) is 110 Å². The Morgan fingerprint density at radius 3 is 2.00 bits per heavy atom. The Labute approximate surface area is 131 Å². The van der Waals surface area contributed by atoms with Crippen LogP contribution in [0.15, 0.2) is 0 Å². The van der Waals surface area contributed by atoms with Crippen molar-refractivity contribution in [3.8, 4) is 0 Å². The number of carboxylic acids is 1. The van der Waals surface area contributed by atoms with Crippen LogP contribution >= 0.6 is 0 Å². The maximum atomic E-state index is 11.7. The molecule has 0 aliphatic heterocycles. The Balaban J connectivity index is 5.52. The van der Waals surface area contributed by atoms with E-state index in [9.17, 15) is 19.5 Å². The van der Waals surface area contributed by atoms with Gasteiger partial charge in [-0.15, -0.1) is 0 Å². The summed E-state index contributed by atoms with van der Waals surface area (Å²) in [5.74, 6) is -1.88. The average Bonchev–Trinajstić information content (AvgIpc) is 2.23. The highest BCUT2D eigenvalue weighted by molar-refractivity contribution is 5.86. The molecule has 0 radical (unpaired) electrons. The molecule has 0 aliphatic rings. The number of nitrogens with zero attached hydrogens (tertiary/aromatic N) is 1. The number of rotatable bonds is 7. The van der Waals surface area contributed by atoms with Crippen LogP contribution in [0.3, 0.4) is 0 Å². The molecule has 22 heavy (non-hydrogen) atoms. The molecule has 7 heteroatoms. The molecule has 2 amide bonds. The van der Waals surface area contributed by atoms with Gasteiger partial charge in [-0.3, -0.25) is 9.69 Å². The van der Waals surface area contributed by atoms with Crippen LogP contribution in [0.25, 0.3) is 0 Å². The summed E-state index contributed by atoms with van der Waals surface area (Å²) in [7, 11) is 0. The molecule has 0 aromatic carbocycles. The molecular weight excluding hydrogens is 288 g/mol. The molecule has 7 nitrogen and oxygen atoms in total. The minimum atomic E-state index is -1.21. The summed E-state index contributed by atoms with van der Waals surface area (Å²) >= 11 is 0. The first kappa shape index (κ1) is 20.2. The van der Waals surface area contributed by atoms with E-state index >= 15 is 0 Å². The minimum absolute atomic E-state index is 0.147. The lowest BCUT2D eigenvalue weighted by atomic mass is 9.71. The first-order chi connectivity index (χ1) is 9.81. The van der Waals surface area contributed by atoms with Crippen LogP contribution in [0.2, 0.25) is 0 Å². The fourth-order valence-corrected chi connectivity index (χ4v) is 3.00. The van der Waals surface area contributed by atoms with Gasteiger partial charge < -0.3 is 15.6 Å². The zero-order valence-electron chi connectivity index (χ0n) is 14.3. The molecule has 0 bridgehead atoms. The molecule has 0 unspecified atom stereocenters. The Bertz CT molecular complexity index is 426. The van der Waals surface area contributed by atoms with Crippen LogP contribution in [0.4, 0.5) is 4.79 Å². The lowest BCUT2D eigenvalue weighted by Crippen LogP contribution is -2.57. The molecule has 0 heterocycles. The van der Waals surface area contributed by atoms with Crippen LogP contribution in [0, 0.1) is 10.8 Å². The third-order valence-electron chi connectivity index (χ3n) is 3.16. The second kappa shape index (κ2) is 7.47. The molecule has 0 saturated carbocycles. The first-order valence-corrected chi connectivity index (χ1v) is 7.26. The van der Waals surface area contributed by atoms with Crippen molar-refractivity contribution in [2.24, 2.45) is 16.6 Å². The third-order valence-corrected chi connectivity index (χ3v) is 3.16. The van der Waals surface area contributed by atoms with Gasteiger partial charge in [-0.25, -0.2) is 9.59 Å². The number of urea groups is 1. The van der Waals surface area contributed by atoms with Crippen LogP contribution in [0.1, 0.15) is 48.0 Å². The largest absolute Gasteiger partial charge is 0.480 e. The predicted molar refractivity (Wildman–Crippen MR) is 82.2 cm³/mol. The highest BCUT2D eigenvalue weighted by atomic mass is 16.5. The van der Waals surface area contributed by atoms with Gasteiger partial charge in [-0.1, -0.05) is 34.6 Å². The van der Waals surface area contributed by atoms with Crippen molar-refractivity contribution in [3.63, 3.8) is 0 Å². The molecule has 0 rings (SSSR count). The quantitative estimate of drug-likeness (QED) is 0.696. The zero-order valence-corrected chi connectivity index (χ0v) is 14.3. The number of carbonyl (C=O) groups excluding carboxylic acids is 2. The first-order valence-electron chi connectivity index (χ1n) is 7.26. The van der Waals surface area contributed by atoms with Crippen LogP contribution in [-0.2, 0) is 14.3 Å². The summed E-state index contributed by atoms with van der Waals surface area (Å²) < 4.78 is 4.78. The highest BCUT2D eigenvalue weighted by Crippen LogP contribution is 2.38. The molecule has 0 aliphatic carbocycles. The van der Waals surface area contributed by atoms with E-state index in [0.29, 0.717) is 6.42 Å². The van der Waals surface area contributed by atoms with E-state index in [1.807, 2.05) is 20.8 Å². The maximum absolute atomic E-state index is 11.7. The molecule has 0 fully saturated rings. The summed E-state index contributed by atoms with van der Waals surface area (Å²) in [5.41, 5.74) is 4.38. The lowest BCUT2D eigenvalue weighted by molar-refractivity contribution is -0.151. The standard InChI is InChI=1S/C15H28N2O5/c1-7-22-10(18)8-17(13(16)21)11(12(19)20)15(5,6)9-14(2,3)4/h11H,7-9H2,1-6H3,(H2,16,21)(H,19,20)/t11-/m1/s1. The lowest BCUT2D eigenvalue weighted by Gasteiger charge is -2.41. The van der Waals surface area contributed by atoms with E-state index < -0.39 is 36.0 Å². The molecule has 1 atom stereocenters. The van der Waals surface area contributed by atoms with E-state index in [0.717, 1.165) is 4.90 Å². The van der Waals surface area contributed by atoms with Crippen LogP contribution in [-0.4, -0.2) is 47.2 Å². The Kier molecular flexibility index (Phi) is 6.86. The minimum Gasteiger partial charge on any atom is -0.480 e. The van der Waals surface area contributed by atoms with Gasteiger partial charge in [0.1, 0.15) is 12.6 Å². The summed E-state index contributed by atoms with van der Waals surface area (Å²) in [6.07, 6.45) is 0.531. The smallest absolute Gasteiger partial charge is 0.327 e. The van der Waals surface area contributed by atoms with Gasteiger partial charge in [-0.2, -0.15) is 0 Å². The SMILES string of the molecule is CCOC(=O)CN(C(N)=O)[C@H](C(=O)O)C(C)(C)CC(C)(C)C. The maximum Gasteiger partial charge on any atom is 0.327 e. The average molecular weight is 316 g/mol. The Morgan fingerprint density at radius 2 is 1.68 bits per heavy atom. The van der Waals surface area contributed by atoms with Crippen molar-refractivity contribution in [3.05, 3.63) is 0 Å². The Morgan fingerprint density at radius 1 is 1.18 bits per heavy atom. The van der Waals surface area contributed by atoms with E-state index in [1.54, 1.807) is 20.8 Å². The number of carbonyl (C=O) groups is 3. The normalized spacial score (nSPS) is 13.4. The van der Waals surface area contributed by atoms with Gasteiger partial charge in [0.05, 0.1) is 6.61 Å². The van der Waals surface area contributed by atoms with Gasteiger partial charge in [0.25, 0.3) is 0 Å². The molecule has 3 N–H and O–H groups in total. The summed E-state index contributed by atoms with van der Waals surface area (Å²) in [4.78, 5) is 35.9. The van der Waals surface area contributed by atoms with Crippen molar-refractivity contribution < 1.29 is 24.2 Å². The van der Waals surface area contributed by atoms with E-state index in [-0.39, 0.29) is 12.0 Å². The number of primary amides is 1. The van der Waals surface area contributed by atoms with Crippen molar-refractivity contribution >= 4 is 18.0 Å². The van der Waals surface area contributed by atoms with E-state index in [4.69, 9.17) is 10.5 Å². The molecular formula is C15H28N2O5. The zero-order chi connectivity index (χ0) is 17.7. The fourth-order valence-electron chi connectivity index (χ4n) is 3.00. The number of ether oxygens (including phenoxy) is 1. The van der Waals surface area contributed by atoms with E-state index in [2.05, 4.69) is 0 Å². The molecule has 128 valence electrons. The van der Waals surface area contributed by atoms with Crippen molar-refractivity contribution in [2.75, 3.05) is 13.2 Å². The highest BCUT2D eigenvalue weighted by Gasteiger charge is 2.44. The third kappa shape index (κ3) is 6.32. The predicted octanol–water partition coefficient (Wildman–Crippen LogP) is 1.85. The van der Waals surface area contributed by atoms with Crippen molar-refractivity contribution in [2.45, 2.75) is 54.0 Å². The molecule has 0 aromatic heterocycles. The summed E-state index contributed by atoms with van der Waals surface area (Å²) in [6.45, 7) is 10.7. The van der Waals surface area contributed by atoms with Crippen molar-refractivity contribution in [1.29, 1.82) is 0 Å². The molecule has 0 aromatic rings. The van der Waals surface area contributed by atoms with Crippen LogP contribution in [0.5, 0.6) is 0 Å². The number of hydrogen-bond donors (Lipinski definition) is 2. The van der Waals surface area contributed by atoms with Gasteiger partial charge >= 0.3 is 18.0 Å². The second-order valence-electron chi connectivity index (χ2n) is 7.24. The summed E-state index contributed by atoms with van der Waals surface area (Å²) in [5, 5.41) is 9.57. The molecule has 0 saturated heterocycles. The molecule has 0 spiro atoms. The number of amides is 2. The second-order valence-corrected chi connectivity index (χ2v) is 7.24. The van der Waals surface area contributed by atoms with Gasteiger partial charge in [-0.05, 0) is 24.2 Å². The number of esters is 1. The Hall–Kier alpha value is -1.79.